The van der Waals surface area contributed by atoms with E-state index in [-0.39, 0.29) is 0 Å². The molecule has 24 heavy (non-hydrogen) atoms. The number of benzene rings is 2. The van der Waals surface area contributed by atoms with Crippen LogP contribution < -0.4 is 10.9 Å². The second-order valence-corrected chi connectivity index (χ2v) is 5.37. The van der Waals surface area contributed by atoms with E-state index >= 15 is 0 Å². The van der Waals surface area contributed by atoms with Crippen LogP contribution in [0.15, 0.2) is 58.7 Å². The van der Waals surface area contributed by atoms with Gasteiger partial charge < -0.3 is 0 Å². The van der Waals surface area contributed by atoms with Gasteiger partial charge in [0, 0.05) is 10.0 Å². The number of carbonyl (C=O) groups is 2. The van der Waals surface area contributed by atoms with E-state index < -0.39 is 11.8 Å². The summed E-state index contributed by atoms with van der Waals surface area (Å²) in [5.74, 6) is -1.87. The third-order valence-corrected chi connectivity index (χ3v) is 3.21. The van der Waals surface area contributed by atoms with Crippen LogP contribution in [0.1, 0.15) is 11.1 Å². The Hall–Kier alpha value is -2.70. The minimum Gasteiger partial charge on any atom is -0.262 e. The van der Waals surface area contributed by atoms with Gasteiger partial charge in [-0.25, -0.2) is 10.9 Å². The Balaban J connectivity index is 1.80. The van der Waals surface area contributed by atoms with Crippen molar-refractivity contribution >= 4 is 47.4 Å². The maximum Gasteiger partial charge on any atom is 0.331 e. The monoisotopic (exact) mass is 362 g/mol. The van der Waals surface area contributed by atoms with Crippen molar-refractivity contribution in [2.75, 3.05) is 0 Å². The first-order valence-corrected chi connectivity index (χ1v) is 7.48. The molecule has 2 aromatic rings. The van der Waals surface area contributed by atoms with Gasteiger partial charge in [-0.2, -0.15) is 10.2 Å². The molecule has 2 N–H and O–H groups in total. The number of halogens is 2. The Labute approximate surface area is 148 Å². The van der Waals surface area contributed by atoms with Crippen molar-refractivity contribution in [2.24, 2.45) is 10.2 Å². The Morgan fingerprint density at radius 1 is 0.708 bits per heavy atom. The lowest BCUT2D eigenvalue weighted by atomic mass is 10.2. The van der Waals surface area contributed by atoms with Crippen molar-refractivity contribution in [1.29, 1.82) is 0 Å². The quantitative estimate of drug-likeness (QED) is 0.497. The second-order valence-electron chi connectivity index (χ2n) is 4.50. The van der Waals surface area contributed by atoms with Gasteiger partial charge in [-0.3, -0.25) is 9.59 Å². The van der Waals surface area contributed by atoms with Crippen LogP contribution in [0.25, 0.3) is 0 Å². The Morgan fingerprint density at radius 3 is 1.38 bits per heavy atom. The first kappa shape index (κ1) is 17.7. The third kappa shape index (κ3) is 5.83. The number of nitrogens with zero attached hydrogens (tertiary/aromatic N) is 2. The smallest absolute Gasteiger partial charge is 0.262 e. The fraction of sp³-hybridized carbons (Fsp3) is 0. The number of hydrazone groups is 2. The average molecular weight is 363 g/mol. The normalized spacial score (nSPS) is 10.9. The minimum absolute atomic E-state index is 0.592. The third-order valence-electron chi connectivity index (χ3n) is 2.71. The van der Waals surface area contributed by atoms with Gasteiger partial charge >= 0.3 is 11.8 Å². The number of carbonyl (C=O) groups excluding carboxylic acids is 2. The van der Waals surface area contributed by atoms with Gasteiger partial charge in [0.2, 0.25) is 0 Å². The number of nitrogens with one attached hydrogen (secondary N) is 2. The van der Waals surface area contributed by atoms with E-state index in [9.17, 15) is 9.59 Å². The summed E-state index contributed by atoms with van der Waals surface area (Å²) < 4.78 is 0. The highest BCUT2D eigenvalue weighted by Gasteiger charge is 2.10. The van der Waals surface area contributed by atoms with Gasteiger partial charge in [0.25, 0.3) is 0 Å². The molecule has 0 aliphatic carbocycles. The van der Waals surface area contributed by atoms with Crippen LogP contribution in [0.2, 0.25) is 10.0 Å². The van der Waals surface area contributed by atoms with Gasteiger partial charge in [-0.1, -0.05) is 47.5 Å². The van der Waals surface area contributed by atoms with Crippen molar-refractivity contribution in [3.63, 3.8) is 0 Å². The molecular weight excluding hydrogens is 351 g/mol. The molecule has 8 heteroatoms. The lowest BCUT2D eigenvalue weighted by molar-refractivity contribution is -0.139. The molecule has 2 aromatic carbocycles. The average Bonchev–Trinajstić information content (AvgIpc) is 2.58. The molecule has 0 spiro atoms. The summed E-state index contributed by atoms with van der Waals surface area (Å²) in [6.45, 7) is 0. The fourth-order valence-corrected chi connectivity index (χ4v) is 1.78. The lowest BCUT2D eigenvalue weighted by Gasteiger charge is -1.98. The molecule has 0 heterocycles. The van der Waals surface area contributed by atoms with Gasteiger partial charge in [-0.15, -0.1) is 0 Å². The summed E-state index contributed by atoms with van der Waals surface area (Å²) in [5, 5.41) is 8.53. The van der Waals surface area contributed by atoms with Crippen LogP contribution in [-0.2, 0) is 9.59 Å². The SMILES string of the molecule is O=C(NN=Cc1ccc(Cl)cc1)C(=O)NN=Cc1ccc(Cl)cc1. The van der Waals surface area contributed by atoms with E-state index in [0.717, 1.165) is 11.1 Å². The largest absolute Gasteiger partial charge is 0.331 e. The number of hydrogen-bond donors (Lipinski definition) is 2. The summed E-state index contributed by atoms with van der Waals surface area (Å²) >= 11 is 11.5. The lowest BCUT2D eigenvalue weighted by Crippen LogP contribution is -2.35. The molecule has 0 aliphatic heterocycles. The zero-order valence-corrected chi connectivity index (χ0v) is 13.8. The molecule has 0 unspecified atom stereocenters. The first-order chi connectivity index (χ1) is 11.5. The van der Waals surface area contributed by atoms with Gasteiger partial charge in [-0.05, 0) is 35.4 Å². The van der Waals surface area contributed by atoms with Gasteiger partial charge in [0.1, 0.15) is 0 Å². The van der Waals surface area contributed by atoms with Crippen LogP contribution >= 0.6 is 23.2 Å². The highest BCUT2D eigenvalue weighted by atomic mass is 35.5. The Kier molecular flexibility index (Phi) is 6.48. The molecule has 2 amide bonds. The van der Waals surface area contributed by atoms with E-state index in [1.165, 1.54) is 12.4 Å². The maximum atomic E-state index is 11.5. The van der Waals surface area contributed by atoms with Crippen LogP contribution in [0.3, 0.4) is 0 Å². The molecule has 122 valence electrons. The topological polar surface area (TPSA) is 82.9 Å². The highest BCUT2D eigenvalue weighted by Crippen LogP contribution is 2.08. The molecule has 0 radical (unpaired) electrons. The van der Waals surface area contributed by atoms with Crippen LogP contribution in [0.4, 0.5) is 0 Å². The number of rotatable bonds is 4. The van der Waals surface area contributed by atoms with Crippen LogP contribution in [-0.4, -0.2) is 24.2 Å². The predicted octanol–water partition coefficient (Wildman–Crippen LogP) is 2.59. The predicted molar refractivity (Wildman–Crippen MR) is 94.4 cm³/mol. The summed E-state index contributed by atoms with van der Waals surface area (Å²) in [5.41, 5.74) is 5.64. The summed E-state index contributed by atoms with van der Waals surface area (Å²) in [6.07, 6.45) is 2.77. The molecule has 0 aromatic heterocycles. The van der Waals surface area contributed by atoms with Crippen LogP contribution in [0, 0.1) is 0 Å². The van der Waals surface area contributed by atoms with Crippen molar-refractivity contribution in [1.82, 2.24) is 10.9 Å². The molecule has 0 atom stereocenters. The van der Waals surface area contributed by atoms with E-state index in [4.69, 9.17) is 23.2 Å². The minimum atomic E-state index is -0.937. The highest BCUT2D eigenvalue weighted by molar-refractivity contribution is 6.35. The van der Waals surface area contributed by atoms with E-state index in [0.29, 0.717) is 10.0 Å². The number of hydrogen-bond acceptors (Lipinski definition) is 4. The van der Waals surface area contributed by atoms with E-state index in [2.05, 4.69) is 21.1 Å². The fourth-order valence-electron chi connectivity index (χ4n) is 1.53. The second kappa shape index (κ2) is 8.81. The van der Waals surface area contributed by atoms with Crippen molar-refractivity contribution in [2.45, 2.75) is 0 Å². The van der Waals surface area contributed by atoms with Crippen molar-refractivity contribution in [3.05, 3.63) is 69.7 Å². The van der Waals surface area contributed by atoms with Crippen molar-refractivity contribution < 1.29 is 9.59 Å². The van der Waals surface area contributed by atoms with E-state index in [1.54, 1.807) is 48.5 Å². The van der Waals surface area contributed by atoms with Gasteiger partial charge in [0.05, 0.1) is 12.4 Å². The van der Waals surface area contributed by atoms with Crippen LogP contribution in [0.5, 0.6) is 0 Å². The number of amides is 2. The molecule has 0 saturated carbocycles. The molecular formula is C16H12Cl2N4O2. The summed E-state index contributed by atoms with van der Waals surface area (Å²) in [7, 11) is 0. The molecule has 0 fully saturated rings. The Morgan fingerprint density at radius 2 is 1.04 bits per heavy atom. The summed E-state index contributed by atoms with van der Waals surface area (Å²) in [6, 6.07) is 13.6. The molecule has 2 rings (SSSR count). The molecule has 6 nitrogen and oxygen atoms in total. The molecule has 0 saturated heterocycles. The standard InChI is InChI=1S/C16H12Cl2N4O2/c17-13-5-1-11(2-6-13)9-19-21-15(23)16(24)22-20-10-12-3-7-14(18)8-4-12/h1-10H,(H,21,23)(H,22,24). The zero-order chi connectivity index (χ0) is 17.4. The molecule has 0 aliphatic rings. The molecule has 0 bridgehead atoms. The first-order valence-electron chi connectivity index (χ1n) is 6.72. The summed E-state index contributed by atoms with van der Waals surface area (Å²) in [4.78, 5) is 23.1. The van der Waals surface area contributed by atoms with Crippen molar-refractivity contribution in [3.8, 4) is 0 Å². The maximum absolute atomic E-state index is 11.5. The zero-order valence-electron chi connectivity index (χ0n) is 12.2. The van der Waals surface area contributed by atoms with Gasteiger partial charge in [0.15, 0.2) is 0 Å². The van der Waals surface area contributed by atoms with E-state index in [1.807, 2.05) is 0 Å². The Bertz CT molecular complexity index is 704.